The molecule has 84 valence electrons. The van der Waals surface area contributed by atoms with Gasteiger partial charge in [0.25, 0.3) is 0 Å². The topological polar surface area (TPSA) is 24.1 Å². The van der Waals surface area contributed by atoms with Gasteiger partial charge in [0.15, 0.2) is 0 Å². The Morgan fingerprint density at radius 1 is 1.36 bits per heavy atom. The Hall–Kier alpha value is -0.0800. The van der Waals surface area contributed by atoms with Gasteiger partial charge in [-0.1, -0.05) is 26.7 Å². The summed E-state index contributed by atoms with van der Waals surface area (Å²) in [7, 11) is 0. The monoisotopic (exact) mass is 198 g/mol. The van der Waals surface area contributed by atoms with Crippen molar-refractivity contribution in [2.75, 3.05) is 26.2 Å². The molecule has 14 heavy (non-hydrogen) atoms. The Morgan fingerprint density at radius 2 is 2.21 bits per heavy atom. The minimum Gasteiger partial charge on any atom is -0.316 e. The van der Waals surface area contributed by atoms with Crippen LogP contribution >= 0.6 is 0 Å². The van der Waals surface area contributed by atoms with Gasteiger partial charge in [0.1, 0.15) is 0 Å². The quantitative estimate of drug-likeness (QED) is 0.612. The molecule has 1 rings (SSSR count). The molecule has 1 unspecified atom stereocenters. The second-order valence-electron chi connectivity index (χ2n) is 4.95. The van der Waals surface area contributed by atoms with E-state index in [2.05, 4.69) is 24.5 Å². The summed E-state index contributed by atoms with van der Waals surface area (Å²) < 4.78 is 0. The van der Waals surface area contributed by atoms with Gasteiger partial charge in [-0.25, -0.2) is 0 Å². The first-order chi connectivity index (χ1) is 6.79. The molecular formula is C12H26N2. The molecule has 2 heteroatoms. The first-order valence-electron chi connectivity index (χ1n) is 6.20. The van der Waals surface area contributed by atoms with Crippen LogP contribution in [0.4, 0.5) is 0 Å². The van der Waals surface area contributed by atoms with Crippen molar-refractivity contribution in [2.45, 2.75) is 39.5 Å². The van der Waals surface area contributed by atoms with Gasteiger partial charge in [0.2, 0.25) is 0 Å². The van der Waals surface area contributed by atoms with E-state index in [0.717, 1.165) is 11.8 Å². The Morgan fingerprint density at radius 3 is 2.86 bits per heavy atom. The van der Waals surface area contributed by atoms with Gasteiger partial charge in [-0.05, 0) is 50.9 Å². The molecule has 1 aliphatic heterocycles. The van der Waals surface area contributed by atoms with Crippen LogP contribution in [0.2, 0.25) is 0 Å². The van der Waals surface area contributed by atoms with Crippen molar-refractivity contribution in [3.8, 4) is 0 Å². The summed E-state index contributed by atoms with van der Waals surface area (Å²) in [5.74, 6) is 1.76. The van der Waals surface area contributed by atoms with Gasteiger partial charge < -0.3 is 10.6 Å². The third-order valence-electron chi connectivity index (χ3n) is 2.98. The number of nitrogens with one attached hydrogen (secondary N) is 2. The molecule has 0 saturated carbocycles. The lowest BCUT2D eigenvalue weighted by atomic mass is 10.1. The zero-order valence-corrected chi connectivity index (χ0v) is 9.81. The van der Waals surface area contributed by atoms with Crippen LogP contribution < -0.4 is 10.6 Å². The highest BCUT2D eigenvalue weighted by molar-refractivity contribution is 4.72. The fourth-order valence-electron chi connectivity index (χ4n) is 2.00. The van der Waals surface area contributed by atoms with Crippen molar-refractivity contribution in [3.63, 3.8) is 0 Å². The molecule has 0 aromatic rings. The molecule has 1 saturated heterocycles. The minimum atomic E-state index is 0.869. The number of hydrogen-bond donors (Lipinski definition) is 2. The molecule has 0 aliphatic carbocycles. The van der Waals surface area contributed by atoms with Crippen LogP contribution in [-0.2, 0) is 0 Å². The van der Waals surface area contributed by atoms with Gasteiger partial charge in [0.05, 0.1) is 0 Å². The third-order valence-corrected chi connectivity index (χ3v) is 2.98. The van der Waals surface area contributed by atoms with E-state index in [1.165, 1.54) is 51.9 Å². The average Bonchev–Trinajstić information content (AvgIpc) is 2.63. The normalized spacial score (nSPS) is 22.1. The molecule has 0 spiro atoms. The summed E-state index contributed by atoms with van der Waals surface area (Å²) in [6.45, 7) is 9.48. The van der Waals surface area contributed by atoms with Gasteiger partial charge in [-0.2, -0.15) is 0 Å². The molecule has 2 nitrogen and oxygen atoms in total. The molecule has 0 aromatic carbocycles. The molecule has 0 bridgehead atoms. The Bertz CT molecular complexity index is 128. The molecule has 2 N–H and O–H groups in total. The summed E-state index contributed by atoms with van der Waals surface area (Å²) in [5.41, 5.74) is 0. The minimum absolute atomic E-state index is 0.869. The van der Waals surface area contributed by atoms with E-state index < -0.39 is 0 Å². The van der Waals surface area contributed by atoms with Crippen LogP contribution in [0.15, 0.2) is 0 Å². The van der Waals surface area contributed by atoms with Crippen LogP contribution in [-0.4, -0.2) is 26.2 Å². The van der Waals surface area contributed by atoms with Crippen molar-refractivity contribution in [3.05, 3.63) is 0 Å². The van der Waals surface area contributed by atoms with Gasteiger partial charge in [-0.15, -0.1) is 0 Å². The lowest BCUT2D eigenvalue weighted by molar-refractivity contribution is 0.482. The maximum absolute atomic E-state index is 3.56. The molecule has 1 fully saturated rings. The van der Waals surface area contributed by atoms with Crippen LogP contribution in [0.3, 0.4) is 0 Å². The standard InChI is InChI=1S/C12H26N2/c1-11(2)5-3-4-7-13-9-12-6-8-14-10-12/h11-14H,3-10H2,1-2H3. The van der Waals surface area contributed by atoms with Crippen molar-refractivity contribution in [2.24, 2.45) is 11.8 Å². The third kappa shape index (κ3) is 5.61. The highest BCUT2D eigenvalue weighted by Gasteiger charge is 2.12. The van der Waals surface area contributed by atoms with Crippen molar-refractivity contribution >= 4 is 0 Å². The Balaban J connectivity index is 1.79. The predicted octanol–water partition coefficient (Wildman–Crippen LogP) is 2.01. The molecule has 1 aliphatic rings. The van der Waals surface area contributed by atoms with Gasteiger partial charge >= 0.3 is 0 Å². The van der Waals surface area contributed by atoms with Crippen molar-refractivity contribution in [1.29, 1.82) is 0 Å². The van der Waals surface area contributed by atoms with E-state index >= 15 is 0 Å². The zero-order valence-electron chi connectivity index (χ0n) is 9.81. The van der Waals surface area contributed by atoms with Crippen molar-refractivity contribution < 1.29 is 0 Å². The molecule has 1 atom stereocenters. The number of hydrogen-bond acceptors (Lipinski definition) is 2. The lowest BCUT2D eigenvalue weighted by Gasteiger charge is -2.10. The van der Waals surface area contributed by atoms with E-state index in [-0.39, 0.29) is 0 Å². The second-order valence-corrected chi connectivity index (χ2v) is 4.95. The van der Waals surface area contributed by atoms with Gasteiger partial charge in [-0.3, -0.25) is 0 Å². The maximum Gasteiger partial charge on any atom is -0.000790 e. The Kier molecular flexibility index (Phi) is 6.20. The van der Waals surface area contributed by atoms with Crippen LogP contribution in [0, 0.1) is 11.8 Å². The summed E-state index contributed by atoms with van der Waals surface area (Å²) in [4.78, 5) is 0. The summed E-state index contributed by atoms with van der Waals surface area (Å²) >= 11 is 0. The fraction of sp³-hybridized carbons (Fsp3) is 1.00. The van der Waals surface area contributed by atoms with Crippen LogP contribution in [0.1, 0.15) is 39.5 Å². The highest BCUT2D eigenvalue weighted by atomic mass is 14.9. The number of unbranched alkanes of at least 4 members (excludes halogenated alkanes) is 1. The van der Waals surface area contributed by atoms with E-state index in [4.69, 9.17) is 0 Å². The predicted molar refractivity (Wildman–Crippen MR) is 62.5 cm³/mol. The molecule has 0 amide bonds. The smallest absolute Gasteiger partial charge is 0.000790 e. The van der Waals surface area contributed by atoms with Crippen LogP contribution in [0.5, 0.6) is 0 Å². The maximum atomic E-state index is 3.56. The van der Waals surface area contributed by atoms with Gasteiger partial charge in [0, 0.05) is 0 Å². The van der Waals surface area contributed by atoms with E-state index in [1.807, 2.05) is 0 Å². The summed E-state index contributed by atoms with van der Waals surface area (Å²) in [5, 5.41) is 6.96. The summed E-state index contributed by atoms with van der Waals surface area (Å²) in [6.07, 6.45) is 5.47. The second kappa shape index (κ2) is 7.24. The first-order valence-corrected chi connectivity index (χ1v) is 6.20. The summed E-state index contributed by atoms with van der Waals surface area (Å²) in [6, 6.07) is 0. The first kappa shape index (κ1) is 12.0. The van der Waals surface area contributed by atoms with Crippen LogP contribution in [0.25, 0.3) is 0 Å². The number of rotatable bonds is 7. The van der Waals surface area contributed by atoms with Crippen molar-refractivity contribution in [1.82, 2.24) is 10.6 Å². The molecule has 0 radical (unpaired) electrons. The molecule has 0 aromatic heterocycles. The SMILES string of the molecule is CC(C)CCCCNCC1CCNC1. The van der Waals surface area contributed by atoms with E-state index in [1.54, 1.807) is 0 Å². The van der Waals surface area contributed by atoms with E-state index in [0.29, 0.717) is 0 Å². The molecule has 1 heterocycles. The largest absolute Gasteiger partial charge is 0.316 e. The average molecular weight is 198 g/mol. The Labute approximate surface area is 88.8 Å². The fourth-order valence-corrected chi connectivity index (χ4v) is 2.00. The highest BCUT2D eigenvalue weighted by Crippen LogP contribution is 2.07. The van der Waals surface area contributed by atoms with E-state index in [9.17, 15) is 0 Å². The lowest BCUT2D eigenvalue weighted by Crippen LogP contribution is -2.25. The zero-order chi connectivity index (χ0) is 10.2. The molecular weight excluding hydrogens is 172 g/mol.